The Morgan fingerprint density at radius 2 is 2.06 bits per heavy atom. The quantitative estimate of drug-likeness (QED) is 0.874. The van der Waals surface area contributed by atoms with E-state index in [0.29, 0.717) is 10.0 Å². The number of nitrogens with one attached hydrogen (secondary N) is 1. The fraction of sp³-hybridized carbons (Fsp3) is 0.400. The molecule has 1 aromatic rings. The van der Waals surface area contributed by atoms with Gasteiger partial charge in [0.1, 0.15) is 11.9 Å². The first-order valence-corrected chi connectivity index (χ1v) is 5.41. The zero-order valence-electron chi connectivity index (χ0n) is 8.26. The molecule has 0 spiro atoms. The van der Waals surface area contributed by atoms with Crippen molar-refractivity contribution < 1.29 is 18.3 Å². The molecule has 0 amide bonds. The summed E-state index contributed by atoms with van der Waals surface area (Å²) in [5.74, 6) is -0.423. The van der Waals surface area contributed by atoms with E-state index >= 15 is 0 Å². The third-order valence-corrected chi connectivity index (χ3v) is 2.47. The number of hydrogen-bond acceptors (Lipinski definition) is 2. The Labute approximate surface area is 99.6 Å². The summed E-state index contributed by atoms with van der Waals surface area (Å²) in [6.07, 6.45) is -4.51. The van der Waals surface area contributed by atoms with E-state index in [0.717, 1.165) is 0 Å². The Kier molecular flexibility index (Phi) is 5.24. The van der Waals surface area contributed by atoms with Crippen molar-refractivity contribution in [1.82, 2.24) is 5.32 Å². The van der Waals surface area contributed by atoms with E-state index in [2.05, 4.69) is 21.2 Å². The number of alkyl halides is 2. The SMILES string of the molecule is OC(CNCc1ccc(Br)cc1F)C(F)F. The minimum atomic E-state index is -2.79. The van der Waals surface area contributed by atoms with Crippen LogP contribution in [0.25, 0.3) is 0 Å². The van der Waals surface area contributed by atoms with E-state index in [9.17, 15) is 13.2 Å². The highest BCUT2D eigenvalue weighted by atomic mass is 79.9. The number of aliphatic hydroxyl groups is 1. The lowest BCUT2D eigenvalue weighted by Crippen LogP contribution is -2.31. The minimum Gasteiger partial charge on any atom is -0.386 e. The molecule has 2 nitrogen and oxygen atoms in total. The van der Waals surface area contributed by atoms with Crippen molar-refractivity contribution in [3.8, 4) is 0 Å². The van der Waals surface area contributed by atoms with Gasteiger partial charge in [0.15, 0.2) is 0 Å². The van der Waals surface area contributed by atoms with Crippen LogP contribution in [0.4, 0.5) is 13.2 Å². The summed E-state index contributed by atoms with van der Waals surface area (Å²) in [6, 6.07) is 4.49. The first-order valence-electron chi connectivity index (χ1n) is 4.61. The molecule has 0 aliphatic carbocycles. The fourth-order valence-corrected chi connectivity index (χ4v) is 1.44. The number of halogens is 4. The van der Waals surface area contributed by atoms with E-state index in [1.807, 2.05) is 0 Å². The third-order valence-electron chi connectivity index (χ3n) is 1.97. The van der Waals surface area contributed by atoms with Crippen LogP contribution in [0.2, 0.25) is 0 Å². The molecule has 1 atom stereocenters. The second kappa shape index (κ2) is 6.22. The van der Waals surface area contributed by atoms with Crippen LogP contribution >= 0.6 is 15.9 Å². The number of aliphatic hydroxyl groups excluding tert-OH is 1. The van der Waals surface area contributed by atoms with Crippen molar-refractivity contribution in [3.63, 3.8) is 0 Å². The van der Waals surface area contributed by atoms with Crippen LogP contribution in [-0.2, 0) is 6.54 Å². The minimum absolute atomic E-state index is 0.100. The van der Waals surface area contributed by atoms with Gasteiger partial charge in [0.2, 0.25) is 0 Å². The Morgan fingerprint density at radius 3 is 2.62 bits per heavy atom. The maximum absolute atomic E-state index is 13.3. The molecule has 16 heavy (non-hydrogen) atoms. The van der Waals surface area contributed by atoms with Gasteiger partial charge in [-0.15, -0.1) is 0 Å². The van der Waals surface area contributed by atoms with Gasteiger partial charge in [0, 0.05) is 23.1 Å². The van der Waals surface area contributed by atoms with Gasteiger partial charge in [0.25, 0.3) is 6.43 Å². The van der Waals surface area contributed by atoms with Crippen LogP contribution in [0, 0.1) is 5.82 Å². The zero-order chi connectivity index (χ0) is 12.1. The third kappa shape index (κ3) is 4.11. The van der Waals surface area contributed by atoms with E-state index in [-0.39, 0.29) is 13.1 Å². The summed E-state index contributed by atoms with van der Waals surface area (Å²) in [5, 5.41) is 11.4. The Morgan fingerprint density at radius 1 is 1.38 bits per heavy atom. The molecule has 0 fully saturated rings. The molecule has 0 heterocycles. The van der Waals surface area contributed by atoms with Gasteiger partial charge in [-0.3, -0.25) is 0 Å². The topological polar surface area (TPSA) is 32.3 Å². The Hall–Kier alpha value is -0.590. The van der Waals surface area contributed by atoms with Crippen LogP contribution in [0.5, 0.6) is 0 Å². The van der Waals surface area contributed by atoms with Crippen LogP contribution in [0.3, 0.4) is 0 Å². The van der Waals surface area contributed by atoms with Crippen LogP contribution in [0.15, 0.2) is 22.7 Å². The van der Waals surface area contributed by atoms with E-state index < -0.39 is 18.3 Å². The zero-order valence-corrected chi connectivity index (χ0v) is 9.85. The highest BCUT2D eigenvalue weighted by Gasteiger charge is 2.15. The first kappa shape index (κ1) is 13.5. The summed E-state index contributed by atoms with van der Waals surface area (Å²) in [7, 11) is 0. The molecule has 0 aliphatic rings. The molecule has 0 bridgehead atoms. The standard InChI is InChI=1S/C10H11BrF3NO/c11-7-2-1-6(8(12)3-7)4-15-5-9(16)10(13)14/h1-3,9-10,15-16H,4-5H2. The molecule has 2 N–H and O–H groups in total. The van der Waals surface area contributed by atoms with Crippen molar-refractivity contribution in [3.05, 3.63) is 34.1 Å². The monoisotopic (exact) mass is 297 g/mol. The van der Waals surface area contributed by atoms with Gasteiger partial charge in [0.05, 0.1) is 0 Å². The lowest BCUT2D eigenvalue weighted by molar-refractivity contribution is -0.00343. The van der Waals surface area contributed by atoms with Gasteiger partial charge >= 0.3 is 0 Å². The predicted molar refractivity (Wildman–Crippen MR) is 57.8 cm³/mol. The van der Waals surface area contributed by atoms with E-state index in [1.165, 1.54) is 6.07 Å². The number of hydrogen-bond donors (Lipinski definition) is 2. The van der Waals surface area contributed by atoms with Gasteiger partial charge in [-0.25, -0.2) is 13.2 Å². The van der Waals surface area contributed by atoms with E-state index in [1.54, 1.807) is 12.1 Å². The largest absolute Gasteiger partial charge is 0.386 e. The molecular weight excluding hydrogens is 287 g/mol. The smallest absolute Gasteiger partial charge is 0.265 e. The number of rotatable bonds is 5. The molecule has 0 saturated heterocycles. The lowest BCUT2D eigenvalue weighted by Gasteiger charge is -2.11. The maximum Gasteiger partial charge on any atom is 0.265 e. The molecule has 1 aromatic carbocycles. The Balaban J connectivity index is 2.43. The van der Waals surface area contributed by atoms with Gasteiger partial charge in [-0.2, -0.15) is 0 Å². The van der Waals surface area contributed by atoms with Crippen molar-refractivity contribution in [1.29, 1.82) is 0 Å². The summed E-state index contributed by atoms with van der Waals surface area (Å²) in [4.78, 5) is 0. The van der Waals surface area contributed by atoms with Crippen molar-refractivity contribution in [2.75, 3.05) is 6.54 Å². The summed E-state index contributed by atoms with van der Waals surface area (Å²) in [6.45, 7) is -0.171. The highest BCUT2D eigenvalue weighted by molar-refractivity contribution is 9.10. The molecule has 0 aliphatic heterocycles. The lowest BCUT2D eigenvalue weighted by atomic mass is 10.2. The molecule has 90 valence electrons. The normalized spacial score (nSPS) is 13.1. The van der Waals surface area contributed by atoms with Crippen molar-refractivity contribution >= 4 is 15.9 Å². The van der Waals surface area contributed by atoms with Gasteiger partial charge in [-0.05, 0) is 12.1 Å². The molecule has 0 radical (unpaired) electrons. The first-order chi connectivity index (χ1) is 7.50. The fourth-order valence-electron chi connectivity index (χ4n) is 1.11. The summed E-state index contributed by atoms with van der Waals surface area (Å²) in [5.41, 5.74) is 0.365. The number of benzene rings is 1. The molecule has 1 unspecified atom stereocenters. The van der Waals surface area contributed by atoms with E-state index in [4.69, 9.17) is 5.11 Å². The van der Waals surface area contributed by atoms with Crippen molar-refractivity contribution in [2.45, 2.75) is 19.1 Å². The summed E-state index contributed by atoms with van der Waals surface area (Å²) < 4.78 is 37.7. The average molecular weight is 298 g/mol. The van der Waals surface area contributed by atoms with Gasteiger partial charge < -0.3 is 10.4 Å². The molecular formula is C10H11BrF3NO. The van der Waals surface area contributed by atoms with Crippen LogP contribution in [0.1, 0.15) is 5.56 Å². The van der Waals surface area contributed by atoms with Gasteiger partial charge in [-0.1, -0.05) is 22.0 Å². The predicted octanol–water partition coefficient (Wildman–Crippen LogP) is 2.30. The Bertz CT molecular complexity index is 349. The molecule has 1 rings (SSSR count). The molecule has 0 saturated carbocycles. The maximum atomic E-state index is 13.3. The second-order valence-electron chi connectivity index (χ2n) is 3.27. The molecule has 0 aromatic heterocycles. The summed E-state index contributed by atoms with van der Waals surface area (Å²) >= 11 is 3.11. The average Bonchev–Trinajstić information content (AvgIpc) is 2.20. The second-order valence-corrected chi connectivity index (χ2v) is 4.18. The van der Waals surface area contributed by atoms with Crippen molar-refractivity contribution in [2.24, 2.45) is 0 Å². The highest BCUT2D eigenvalue weighted by Crippen LogP contribution is 2.15. The van der Waals surface area contributed by atoms with Crippen LogP contribution in [-0.4, -0.2) is 24.2 Å². The van der Waals surface area contributed by atoms with Crippen LogP contribution < -0.4 is 5.32 Å². The molecule has 6 heteroatoms.